The summed E-state index contributed by atoms with van der Waals surface area (Å²) in [6, 6.07) is 2.91. The van der Waals surface area contributed by atoms with Crippen LogP contribution in [0.25, 0.3) is 0 Å². The first-order valence-corrected chi connectivity index (χ1v) is 4.90. The number of aryl methyl sites for hydroxylation is 1. The van der Waals surface area contributed by atoms with E-state index in [1.54, 1.807) is 6.07 Å². The van der Waals surface area contributed by atoms with Crippen LogP contribution >= 0.6 is 0 Å². The molecule has 82 valence electrons. The van der Waals surface area contributed by atoms with E-state index >= 15 is 0 Å². The highest BCUT2D eigenvalue weighted by molar-refractivity contribution is 6.02. The minimum absolute atomic E-state index is 0.0622. The zero-order valence-electron chi connectivity index (χ0n) is 8.86. The molecule has 0 fully saturated rings. The number of aromatic hydroxyl groups is 2. The molecule has 1 aromatic carbocycles. The fourth-order valence-corrected chi connectivity index (χ4v) is 1.45. The molecule has 0 aliphatic carbocycles. The molecular formula is C11H15NO3. The van der Waals surface area contributed by atoms with Crippen LogP contribution in [0.5, 0.6) is 11.5 Å². The molecule has 0 aliphatic rings. The number of hydrogen-bond acceptors (Lipinski definition) is 4. The van der Waals surface area contributed by atoms with Gasteiger partial charge in [0, 0.05) is 11.6 Å². The van der Waals surface area contributed by atoms with Gasteiger partial charge in [-0.3, -0.25) is 0 Å². The third-order valence-electron chi connectivity index (χ3n) is 2.34. The van der Waals surface area contributed by atoms with Crippen LogP contribution in [0.2, 0.25) is 0 Å². The number of hydrogen-bond donors (Lipinski definition) is 3. The third kappa shape index (κ3) is 2.21. The van der Waals surface area contributed by atoms with Crippen molar-refractivity contribution in [2.75, 3.05) is 0 Å². The Morgan fingerprint density at radius 1 is 1.20 bits per heavy atom. The fraction of sp³-hybridized carbons (Fsp3) is 0.364. The zero-order chi connectivity index (χ0) is 11.4. The summed E-state index contributed by atoms with van der Waals surface area (Å²) in [5.41, 5.74) is 1.59. The van der Waals surface area contributed by atoms with Gasteiger partial charge in [0.15, 0.2) is 0 Å². The molecule has 0 aliphatic heterocycles. The SMILES string of the molecule is CC/C(=N\O)c1cc(CC)c(O)cc1O. The van der Waals surface area contributed by atoms with E-state index < -0.39 is 0 Å². The highest BCUT2D eigenvalue weighted by Crippen LogP contribution is 2.28. The molecule has 0 aromatic heterocycles. The molecule has 4 heteroatoms. The van der Waals surface area contributed by atoms with Gasteiger partial charge in [0.05, 0.1) is 5.71 Å². The van der Waals surface area contributed by atoms with E-state index in [1.165, 1.54) is 6.07 Å². The summed E-state index contributed by atoms with van der Waals surface area (Å²) in [5, 5.41) is 30.9. The van der Waals surface area contributed by atoms with Crippen LogP contribution in [0, 0.1) is 0 Å². The lowest BCUT2D eigenvalue weighted by atomic mass is 10.0. The van der Waals surface area contributed by atoms with Gasteiger partial charge in [0.1, 0.15) is 11.5 Å². The number of phenolic OH excluding ortho intramolecular Hbond substituents is 2. The molecule has 3 N–H and O–H groups in total. The molecule has 15 heavy (non-hydrogen) atoms. The van der Waals surface area contributed by atoms with E-state index in [4.69, 9.17) is 5.21 Å². The van der Waals surface area contributed by atoms with Gasteiger partial charge < -0.3 is 15.4 Å². The van der Waals surface area contributed by atoms with E-state index in [9.17, 15) is 10.2 Å². The largest absolute Gasteiger partial charge is 0.508 e. The van der Waals surface area contributed by atoms with Gasteiger partial charge in [0.2, 0.25) is 0 Å². The molecule has 0 heterocycles. The van der Waals surface area contributed by atoms with Gasteiger partial charge in [0.25, 0.3) is 0 Å². The Balaban J connectivity index is 3.30. The first-order chi connectivity index (χ1) is 7.13. The maximum atomic E-state index is 9.59. The van der Waals surface area contributed by atoms with E-state index in [-0.39, 0.29) is 11.5 Å². The van der Waals surface area contributed by atoms with Crippen molar-refractivity contribution in [1.29, 1.82) is 0 Å². The standard InChI is InChI=1S/C11H15NO3/c1-3-7-5-8(9(4-2)12-15)11(14)6-10(7)13/h5-6,13-15H,3-4H2,1-2H3/b12-9+. The summed E-state index contributed by atoms with van der Waals surface area (Å²) in [6.45, 7) is 3.73. The van der Waals surface area contributed by atoms with E-state index in [0.717, 1.165) is 5.56 Å². The molecule has 4 nitrogen and oxygen atoms in total. The van der Waals surface area contributed by atoms with Crippen molar-refractivity contribution in [2.45, 2.75) is 26.7 Å². The van der Waals surface area contributed by atoms with Crippen molar-refractivity contribution >= 4 is 5.71 Å². The topological polar surface area (TPSA) is 73.1 Å². The average Bonchev–Trinajstić information content (AvgIpc) is 2.22. The molecule has 0 radical (unpaired) electrons. The Hall–Kier alpha value is -1.71. The lowest BCUT2D eigenvalue weighted by molar-refractivity contribution is 0.318. The summed E-state index contributed by atoms with van der Waals surface area (Å²) in [4.78, 5) is 0. The Bertz CT molecular complexity index is 386. The summed E-state index contributed by atoms with van der Waals surface area (Å²) in [5.74, 6) is -0.00788. The average molecular weight is 209 g/mol. The summed E-state index contributed by atoms with van der Waals surface area (Å²) < 4.78 is 0. The van der Waals surface area contributed by atoms with Crippen LogP contribution in [-0.4, -0.2) is 21.1 Å². The maximum absolute atomic E-state index is 9.59. The maximum Gasteiger partial charge on any atom is 0.128 e. The van der Waals surface area contributed by atoms with Gasteiger partial charge in [-0.15, -0.1) is 0 Å². The lowest BCUT2D eigenvalue weighted by Crippen LogP contribution is -2.00. The second kappa shape index (κ2) is 4.68. The van der Waals surface area contributed by atoms with Gasteiger partial charge >= 0.3 is 0 Å². The van der Waals surface area contributed by atoms with E-state index in [2.05, 4.69) is 5.16 Å². The molecule has 0 saturated carbocycles. The Kier molecular flexibility index (Phi) is 3.55. The highest BCUT2D eigenvalue weighted by atomic mass is 16.4. The molecular weight excluding hydrogens is 194 g/mol. The van der Waals surface area contributed by atoms with Crippen LogP contribution in [-0.2, 0) is 6.42 Å². The second-order valence-electron chi connectivity index (χ2n) is 3.25. The quantitative estimate of drug-likeness (QED) is 0.406. The molecule has 0 saturated heterocycles. The number of rotatable bonds is 3. The van der Waals surface area contributed by atoms with Gasteiger partial charge in [-0.05, 0) is 24.5 Å². The van der Waals surface area contributed by atoms with Crippen molar-refractivity contribution in [3.8, 4) is 11.5 Å². The minimum atomic E-state index is -0.0700. The van der Waals surface area contributed by atoms with Crippen LogP contribution in [0.1, 0.15) is 31.4 Å². The number of phenols is 2. The lowest BCUT2D eigenvalue weighted by Gasteiger charge is -2.08. The molecule has 0 atom stereocenters. The molecule has 1 rings (SSSR count). The van der Waals surface area contributed by atoms with E-state index in [1.807, 2.05) is 13.8 Å². The highest BCUT2D eigenvalue weighted by Gasteiger charge is 2.11. The number of benzene rings is 1. The Labute approximate surface area is 88.5 Å². The summed E-state index contributed by atoms with van der Waals surface area (Å²) in [6.07, 6.45) is 1.17. The normalized spacial score (nSPS) is 11.7. The second-order valence-corrected chi connectivity index (χ2v) is 3.25. The predicted molar refractivity (Wildman–Crippen MR) is 57.8 cm³/mol. The minimum Gasteiger partial charge on any atom is -0.508 e. The van der Waals surface area contributed by atoms with Crippen LogP contribution < -0.4 is 0 Å². The monoisotopic (exact) mass is 209 g/mol. The molecule has 0 spiro atoms. The number of nitrogens with zero attached hydrogens (tertiary/aromatic N) is 1. The van der Waals surface area contributed by atoms with Crippen molar-refractivity contribution in [3.63, 3.8) is 0 Å². The zero-order valence-corrected chi connectivity index (χ0v) is 8.86. The van der Waals surface area contributed by atoms with Gasteiger partial charge in [-0.25, -0.2) is 0 Å². The fourth-order valence-electron chi connectivity index (χ4n) is 1.45. The Morgan fingerprint density at radius 3 is 2.33 bits per heavy atom. The molecule has 0 bridgehead atoms. The number of oxime groups is 1. The van der Waals surface area contributed by atoms with E-state index in [0.29, 0.717) is 24.1 Å². The molecule has 0 unspecified atom stereocenters. The van der Waals surface area contributed by atoms with Gasteiger partial charge in [-0.1, -0.05) is 19.0 Å². The molecule has 0 amide bonds. The van der Waals surface area contributed by atoms with Crippen molar-refractivity contribution in [3.05, 3.63) is 23.3 Å². The van der Waals surface area contributed by atoms with Crippen molar-refractivity contribution < 1.29 is 15.4 Å². The molecule has 1 aromatic rings. The Morgan fingerprint density at radius 2 is 1.87 bits per heavy atom. The van der Waals surface area contributed by atoms with Crippen LogP contribution in [0.4, 0.5) is 0 Å². The smallest absolute Gasteiger partial charge is 0.128 e. The van der Waals surface area contributed by atoms with Crippen molar-refractivity contribution in [2.24, 2.45) is 5.16 Å². The summed E-state index contributed by atoms with van der Waals surface area (Å²) in [7, 11) is 0. The third-order valence-corrected chi connectivity index (χ3v) is 2.34. The summed E-state index contributed by atoms with van der Waals surface area (Å²) >= 11 is 0. The van der Waals surface area contributed by atoms with Crippen LogP contribution in [0.15, 0.2) is 17.3 Å². The van der Waals surface area contributed by atoms with Crippen molar-refractivity contribution in [1.82, 2.24) is 0 Å². The van der Waals surface area contributed by atoms with Gasteiger partial charge in [-0.2, -0.15) is 0 Å². The predicted octanol–water partition coefficient (Wildman–Crippen LogP) is 2.25. The first-order valence-electron chi connectivity index (χ1n) is 4.90. The first kappa shape index (κ1) is 11.4. The van der Waals surface area contributed by atoms with Crippen LogP contribution in [0.3, 0.4) is 0 Å².